The Labute approximate surface area is 338 Å². The summed E-state index contributed by atoms with van der Waals surface area (Å²) in [6, 6.07) is 10.0. The van der Waals surface area contributed by atoms with Crippen molar-refractivity contribution in [3.63, 3.8) is 0 Å². The number of benzene rings is 4. The number of phenolic OH excluding ortho intramolecular Hbond substituents is 8. The number of ether oxygens (including phenoxy) is 2. The van der Waals surface area contributed by atoms with Gasteiger partial charge in [-0.1, -0.05) is 27.7 Å². The van der Waals surface area contributed by atoms with E-state index >= 15 is 0 Å². The fourth-order valence-corrected chi connectivity index (χ4v) is 11.4. The third kappa shape index (κ3) is 5.48. The average molecular weight is 795 g/mol. The van der Waals surface area contributed by atoms with Gasteiger partial charge in [0.25, 0.3) is 0 Å². The van der Waals surface area contributed by atoms with Crippen molar-refractivity contribution in [2.24, 2.45) is 0 Å². The third-order valence-electron chi connectivity index (χ3n) is 14.9. The van der Waals surface area contributed by atoms with E-state index in [0.717, 1.165) is 107 Å². The lowest BCUT2D eigenvalue weighted by Gasteiger charge is -2.55. The Bertz CT molecular complexity index is 2130. The molecule has 2 saturated heterocycles. The number of fused-ring (bicyclic) bond motifs is 2. The number of morpholine rings is 2. The number of rotatable bonds is 4. The maximum absolute atomic E-state index is 11.1. The van der Waals surface area contributed by atoms with Gasteiger partial charge in [-0.2, -0.15) is 0 Å². The molecule has 12 heteroatoms. The first kappa shape index (κ1) is 38.6. The molecule has 8 N–H and O–H groups in total. The van der Waals surface area contributed by atoms with Gasteiger partial charge in [-0.15, -0.1) is 0 Å². The van der Waals surface area contributed by atoms with Gasteiger partial charge in [-0.25, -0.2) is 0 Å². The largest absolute Gasteiger partial charge is 0.504 e. The smallest absolute Gasteiger partial charge is 0.162 e. The van der Waals surface area contributed by atoms with E-state index in [-0.39, 0.29) is 56.8 Å². The van der Waals surface area contributed by atoms with Crippen LogP contribution in [0.25, 0.3) is 0 Å². The highest BCUT2D eigenvalue weighted by Gasteiger charge is 2.55. The highest BCUT2D eigenvalue weighted by molar-refractivity contribution is 5.73. The summed E-state index contributed by atoms with van der Waals surface area (Å²) in [7, 11) is 0. The molecular weight excluding hydrogens is 741 g/mol. The fourth-order valence-electron chi connectivity index (χ4n) is 11.4. The predicted octanol–water partition coefficient (Wildman–Crippen LogP) is 6.12. The fraction of sp³-hybridized carbons (Fsp3) is 0.478. The molecule has 8 aliphatic rings. The summed E-state index contributed by atoms with van der Waals surface area (Å²) in [6.07, 6.45) is 3.48. The quantitative estimate of drug-likeness (QED) is 0.111. The molecule has 4 bridgehead atoms. The Morgan fingerprint density at radius 1 is 0.414 bits per heavy atom. The molecule has 0 saturated carbocycles. The van der Waals surface area contributed by atoms with Crippen LogP contribution in [0.3, 0.4) is 0 Å². The molecule has 0 radical (unpaired) electrons. The first-order valence-electron chi connectivity index (χ1n) is 20.4. The summed E-state index contributed by atoms with van der Waals surface area (Å²) in [4.78, 5) is 4.51. The molecule has 0 amide bonds. The van der Waals surface area contributed by atoms with Crippen molar-refractivity contribution in [1.82, 2.24) is 9.80 Å². The molecule has 2 fully saturated rings. The van der Waals surface area contributed by atoms with E-state index in [1.807, 2.05) is 0 Å². The number of phenols is 8. The molecule has 12 nitrogen and oxygen atoms in total. The van der Waals surface area contributed by atoms with E-state index in [4.69, 9.17) is 9.47 Å². The summed E-state index contributed by atoms with van der Waals surface area (Å²) in [6.45, 7) is 15.3. The van der Waals surface area contributed by atoms with E-state index in [2.05, 4.69) is 37.5 Å². The Kier molecular flexibility index (Phi) is 8.87. The van der Waals surface area contributed by atoms with Gasteiger partial charge in [0.2, 0.25) is 0 Å². The van der Waals surface area contributed by atoms with Gasteiger partial charge in [-0.3, -0.25) is 9.80 Å². The molecular formula is C46H54N2O10. The minimum Gasteiger partial charge on any atom is -0.504 e. The molecule has 4 aromatic carbocycles. The Hall–Kier alpha value is -4.88. The molecule has 4 aromatic rings. The number of hydrogen-bond donors (Lipinski definition) is 8. The van der Waals surface area contributed by atoms with Crippen LogP contribution in [0.1, 0.15) is 109 Å². The lowest BCUT2D eigenvalue weighted by molar-refractivity contribution is 0.0331. The first-order chi connectivity index (χ1) is 27.5. The highest BCUT2D eigenvalue weighted by Crippen LogP contribution is 2.65. The van der Waals surface area contributed by atoms with Gasteiger partial charge in [0.1, 0.15) is 0 Å². The van der Waals surface area contributed by atoms with E-state index < -0.39 is 10.8 Å². The van der Waals surface area contributed by atoms with Crippen LogP contribution in [0.4, 0.5) is 0 Å². The lowest BCUT2D eigenvalue weighted by Crippen LogP contribution is -2.48. The average Bonchev–Trinajstić information content (AvgIpc) is 3.20. The molecule has 2 aliphatic heterocycles. The lowest BCUT2D eigenvalue weighted by atomic mass is 9.48. The maximum Gasteiger partial charge on any atom is 0.162 e. The zero-order valence-corrected chi connectivity index (χ0v) is 33.7. The Balaban J connectivity index is 0.000000169. The van der Waals surface area contributed by atoms with E-state index in [9.17, 15) is 40.9 Å². The molecule has 2 atom stereocenters. The summed E-state index contributed by atoms with van der Waals surface area (Å²) >= 11 is 0. The van der Waals surface area contributed by atoms with Crippen LogP contribution in [0.5, 0.6) is 46.0 Å². The van der Waals surface area contributed by atoms with Crippen molar-refractivity contribution in [2.45, 2.75) is 88.1 Å². The minimum absolute atomic E-state index is 0.0595. The van der Waals surface area contributed by atoms with E-state index in [0.29, 0.717) is 39.5 Å². The predicted molar refractivity (Wildman–Crippen MR) is 216 cm³/mol. The standard InChI is InChI=1S/C28H36N2O6.C18H18O4/c1-27-3-4-28(2,20-14-22(32)25(33)17(23(20)27)15-29-5-9-35-10-6-29)24-18(16-30-7-11-36-12-8-30)26(34)21(31)13-19(24)27;1-17-3-4-18(2,11-7-15(21)13(19)5-9(11)17)12-8-16(22)14(20)6-10(12)17/h13-14,31-34H,3-12,15-16H2,1-2H3;5-8,19-22H,3-4H2,1-2H3. The second-order valence-electron chi connectivity index (χ2n) is 18.2. The van der Waals surface area contributed by atoms with Crippen molar-refractivity contribution in [3.05, 3.63) is 92.0 Å². The molecule has 2 heterocycles. The van der Waals surface area contributed by atoms with Crippen LogP contribution in [0.15, 0.2) is 36.4 Å². The zero-order valence-electron chi connectivity index (χ0n) is 33.7. The molecule has 308 valence electrons. The monoisotopic (exact) mass is 794 g/mol. The molecule has 0 aromatic heterocycles. The van der Waals surface area contributed by atoms with Gasteiger partial charge >= 0.3 is 0 Å². The number of hydrogen-bond acceptors (Lipinski definition) is 12. The zero-order chi connectivity index (χ0) is 41.1. The maximum atomic E-state index is 11.1. The number of nitrogens with zero attached hydrogens (tertiary/aromatic N) is 2. The van der Waals surface area contributed by atoms with Gasteiger partial charge in [0.05, 0.1) is 26.4 Å². The summed E-state index contributed by atoms with van der Waals surface area (Å²) in [5.41, 5.74) is 7.91. The second-order valence-corrected chi connectivity index (χ2v) is 18.2. The first-order valence-corrected chi connectivity index (χ1v) is 20.4. The van der Waals surface area contributed by atoms with Gasteiger partial charge in [0, 0.05) is 72.1 Å². The topological polar surface area (TPSA) is 187 Å². The Morgan fingerprint density at radius 3 is 1.00 bits per heavy atom. The van der Waals surface area contributed by atoms with E-state index in [1.54, 1.807) is 36.4 Å². The van der Waals surface area contributed by atoms with Crippen LogP contribution in [0, 0.1) is 0 Å². The van der Waals surface area contributed by atoms with Crippen molar-refractivity contribution < 1.29 is 50.3 Å². The van der Waals surface area contributed by atoms with Gasteiger partial charge in [0.15, 0.2) is 46.0 Å². The summed E-state index contributed by atoms with van der Waals surface area (Å²) in [5.74, 6) is -0.823. The van der Waals surface area contributed by atoms with Crippen LogP contribution in [-0.4, -0.2) is 103 Å². The third-order valence-corrected chi connectivity index (χ3v) is 14.9. The van der Waals surface area contributed by atoms with Crippen LogP contribution >= 0.6 is 0 Å². The summed E-state index contributed by atoms with van der Waals surface area (Å²) in [5, 5.41) is 83.6. The summed E-state index contributed by atoms with van der Waals surface area (Å²) < 4.78 is 11.0. The van der Waals surface area contributed by atoms with Crippen molar-refractivity contribution in [3.8, 4) is 46.0 Å². The van der Waals surface area contributed by atoms with Crippen molar-refractivity contribution in [2.75, 3.05) is 52.6 Å². The minimum atomic E-state index is -0.472. The van der Waals surface area contributed by atoms with Crippen LogP contribution in [0.2, 0.25) is 0 Å². The van der Waals surface area contributed by atoms with Gasteiger partial charge in [-0.05, 0) is 107 Å². The van der Waals surface area contributed by atoms with Crippen molar-refractivity contribution in [1.29, 1.82) is 0 Å². The van der Waals surface area contributed by atoms with Crippen molar-refractivity contribution >= 4 is 0 Å². The van der Waals surface area contributed by atoms with E-state index in [1.165, 1.54) is 0 Å². The molecule has 6 aliphatic carbocycles. The normalized spacial score (nSPS) is 28.2. The van der Waals surface area contributed by atoms with Crippen LogP contribution in [-0.2, 0) is 44.2 Å². The molecule has 2 unspecified atom stereocenters. The SMILES string of the molecule is CC12CCC(C)(c3cc(O)c(O)c(CN4CCOCC4)c31)c1c2cc(O)c(O)c1CN1CCOCC1.CC12CCC(C)(c3cc(O)c(O)cc31)c1cc(O)c(O)cc12. The van der Waals surface area contributed by atoms with Crippen LogP contribution < -0.4 is 0 Å². The molecule has 12 rings (SSSR count). The molecule has 58 heavy (non-hydrogen) atoms. The Morgan fingerprint density at radius 2 is 0.690 bits per heavy atom. The molecule has 0 spiro atoms. The highest BCUT2D eigenvalue weighted by atomic mass is 16.5. The van der Waals surface area contributed by atoms with Gasteiger partial charge < -0.3 is 50.3 Å². The number of aromatic hydroxyl groups is 8. The second kappa shape index (κ2) is 13.3.